The minimum atomic E-state index is -3.50. The van der Waals surface area contributed by atoms with Crippen molar-refractivity contribution >= 4 is 10.0 Å². The van der Waals surface area contributed by atoms with Crippen molar-refractivity contribution in [1.29, 1.82) is 0 Å². The monoisotopic (exact) mass is 298 g/mol. The van der Waals surface area contributed by atoms with Crippen molar-refractivity contribution < 1.29 is 13.2 Å². The molecule has 0 amide bonds. The van der Waals surface area contributed by atoms with E-state index >= 15 is 0 Å². The molecular formula is C14H22N2O3S. The Morgan fingerprint density at radius 1 is 1.40 bits per heavy atom. The fourth-order valence-corrected chi connectivity index (χ4v) is 3.68. The summed E-state index contributed by atoms with van der Waals surface area (Å²) in [5, 5.41) is 3.25. The maximum absolute atomic E-state index is 12.5. The predicted molar refractivity (Wildman–Crippen MR) is 78.1 cm³/mol. The second kappa shape index (κ2) is 5.81. The quantitative estimate of drug-likeness (QED) is 0.852. The van der Waals surface area contributed by atoms with E-state index < -0.39 is 15.6 Å². The molecule has 20 heavy (non-hydrogen) atoms. The summed E-state index contributed by atoms with van der Waals surface area (Å²) in [7, 11) is -1.93. The molecule has 1 aliphatic heterocycles. The predicted octanol–water partition coefficient (Wildman–Crippen LogP) is 1.04. The van der Waals surface area contributed by atoms with Crippen molar-refractivity contribution in [2.45, 2.75) is 37.3 Å². The molecule has 0 atom stereocenters. The lowest BCUT2D eigenvalue weighted by Gasteiger charge is -2.24. The van der Waals surface area contributed by atoms with Gasteiger partial charge in [-0.25, -0.2) is 13.1 Å². The number of fused-ring (bicyclic) bond motifs is 1. The first-order chi connectivity index (χ1) is 9.36. The standard InChI is InChI=1S/C14H22N2O3S/c1-14(2,19-3)10-16-20(17,18)13-6-4-5-11-9-15-8-7-12(11)13/h4-6,15-16H,7-10H2,1-3H3. The van der Waals surface area contributed by atoms with E-state index in [1.165, 1.54) is 0 Å². The smallest absolute Gasteiger partial charge is 0.240 e. The van der Waals surface area contributed by atoms with Crippen molar-refractivity contribution in [3.63, 3.8) is 0 Å². The zero-order valence-electron chi connectivity index (χ0n) is 12.2. The fourth-order valence-electron chi connectivity index (χ4n) is 2.17. The Kier molecular flexibility index (Phi) is 4.49. The van der Waals surface area contributed by atoms with Crippen LogP contribution < -0.4 is 10.0 Å². The molecule has 5 nitrogen and oxygen atoms in total. The average Bonchev–Trinajstić information content (AvgIpc) is 2.45. The highest BCUT2D eigenvalue weighted by molar-refractivity contribution is 7.89. The molecule has 0 unspecified atom stereocenters. The first kappa shape index (κ1) is 15.4. The molecular weight excluding hydrogens is 276 g/mol. The first-order valence-corrected chi connectivity index (χ1v) is 8.20. The van der Waals surface area contributed by atoms with E-state index in [-0.39, 0.29) is 6.54 Å². The Labute approximate surface area is 120 Å². The van der Waals surface area contributed by atoms with Crippen LogP contribution in [-0.2, 0) is 27.7 Å². The van der Waals surface area contributed by atoms with Gasteiger partial charge in [0.1, 0.15) is 0 Å². The fraction of sp³-hybridized carbons (Fsp3) is 0.571. The number of rotatable bonds is 5. The molecule has 2 rings (SSSR count). The summed E-state index contributed by atoms with van der Waals surface area (Å²) in [6.07, 6.45) is 0.736. The topological polar surface area (TPSA) is 67.4 Å². The van der Waals surface area contributed by atoms with E-state index in [1.54, 1.807) is 19.2 Å². The van der Waals surface area contributed by atoms with E-state index in [1.807, 2.05) is 19.9 Å². The second-order valence-corrected chi connectivity index (χ2v) is 7.34. The van der Waals surface area contributed by atoms with Crippen LogP contribution in [-0.4, -0.2) is 34.2 Å². The molecule has 2 N–H and O–H groups in total. The molecule has 0 bridgehead atoms. The highest BCUT2D eigenvalue weighted by Crippen LogP contribution is 2.23. The number of methoxy groups -OCH3 is 1. The van der Waals surface area contributed by atoms with Gasteiger partial charge in [-0.2, -0.15) is 0 Å². The van der Waals surface area contributed by atoms with Crippen molar-refractivity contribution in [2.75, 3.05) is 20.2 Å². The van der Waals surface area contributed by atoms with E-state index in [4.69, 9.17) is 4.74 Å². The van der Waals surface area contributed by atoms with Crippen LogP contribution >= 0.6 is 0 Å². The van der Waals surface area contributed by atoms with Crippen LogP contribution in [0, 0.1) is 0 Å². The zero-order valence-corrected chi connectivity index (χ0v) is 13.0. The molecule has 0 fully saturated rings. The SMILES string of the molecule is COC(C)(C)CNS(=O)(=O)c1cccc2c1CCNC2. The minimum absolute atomic E-state index is 0.244. The molecule has 1 heterocycles. The number of hydrogen-bond acceptors (Lipinski definition) is 4. The first-order valence-electron chi connectivity index (χ1n) is 6.72. The Morgan fingerprint density at radius 2 is 2.15 bits per heavy atom. The van der Waals surface area contributed by atoms with Crippen molar-refractivity contribution in [3.8, 4) is 0 Å². The van der Waals surface area contributed by atoms with Gasteiger partial charge in [-0.05, 0) is 44.0 Å². The second-order valence-electron chi connectivity index (χ2n) is 5.61. The van der Waals surface area contributed by atoms with Crippen LogP contribution in [0.25, 0.3) is 0 Å². The summed E-state index contributed by atoms with van der Waals surface area (Å²) in [6.45, 7) is 5.47. The van der Waals surface area contributed by atoms with E-state index in [9.17, 15) is 8.42 Å². The lowest BCUT2D eigenvalue weighted by molar-refractivity contribution is 0.0276. The number of ether oxygens (including phenoxy) is 1. The van der Waals surface area contributed by atoms with Crippen LogP contribution in [0.1, 0.15) is 25.0 Å². The third-order valence-corrected chi connectivity index (χ3v) is 5.11. The molecule has 0 saturated carbocycles. The molecule has 0 saturated heterocycles. The molecule has 1 aliphatic rings. The van der Waals surface area contributed by atoms with Crippen molar-refractivity contribution in [1.82, 2.24) is 10.0 Å². The van der Waals surface area contributed by atoms with E-state index in [2.05, 4.69) is 10.0 Å². The highest BCUT2D eigenvalue weighted by Gasteiger charge is 2.25. The number of benzene rings is 1. The van der Waals surface area contributed by atoms with Crippen LogP contribution in [0.4, 0.5) is 0 Å². The lowest BCUT2D eigenvalue weighted by Crippen LogP contribution is -2.40. The molecule has 0 aromatic heterocycles. The molecule has 0 radical (unpaired) electrons. The third-order valence-electron chi connectivity index (χ3n) is 3.63. The molecule has 1 aromatic carbocycles. The van der Waals surface area contributed by atoms with Gasteiger partial charge in [0.25, 0.3) is 0 Å². The Bertz CT molecular complexity index is 582. The zero-order chi connectivity index (χ0) is 14.8. The summed E-state index contributed by atoms with van der Waals surface area (Å²) < 4.78 is 32.8. The van der Waals surface area contributed by atoms with E-state index in [0.29, 0.717) is 4.90 Å². The van der Waals surface area contributed by atoms with Crippen LogP contribution in [0.3, 0.4) is 0 Å². The van der Waals surface area contributed by atoms with Gasteiger partial charge in [0.15, 0.2) is 0 Å². The van der Waals surface area contributed by atoms with Crippen LogP contribution in [0.5, 0.6) is 0 Å². The average molecular weight is 298 g/mol. The molecule has 1 aromatic rings. The lowest BCUT2D eigenvalue weighted by atomic mass is 10.0. The summed E-state index contributed by atoms with van der Waals surface area (Å²) in [6, 6.07) is 5.44. The highest BCUT2D eigenvalue weighted by atomic mass is 32.2. The number of sulfonamides is 1. The summed E-state index contributed by atoms with van der Waals surface area (Å²) >= 11 is 0. The van der Waals surface area contributed by atoms with Gasteiger partial charge in [-0.1, -0.05) is 12.1 Å². The van der Waals surface area contributed by atoms with Crippen LogP contribution in [0.2, 0.25) is 0 Å². The minimum Gasteiger partial charge on any atom is -0.377 e. The summed E-state index contributed by atoms with van der Waals surface area (Å²) in [4.78, 5) is 0.392. The van der Waals surface area contributed by atoms with Gasteiger partial charge in [0.2, 0.25) is 10.0 Å². The Morgan fingerprint density at radius 3 is 2.85 bits per heavy atom. The van der Waals surface area contributed by atoms with Gasteiger partial charge in [-0.3, -0.25) is 0 Å². The molecule has 112 valence electrons. The van der Waals surface area contributed by atoms with Gasteiger partial charge in [0, 0.05) is 20.2 Å². The molecule has 6 heteroatoms. The maximum atomic E-state index is 12.5. The normalized spacial score (nSPS) is 15.9. The van der Waals surface area contributed by atoms with Gasteiger partial charge >= 0.3 is 0 Å². The largest absolute Gasteiger partial charge is 0.377 e. The van der Waals surface area contributed by atoms with Crippen molar-refractivity contribution in [3.05, 3.63) is 29.3 Å². The van der Waals surface area contributed by atoms with Gasteiger partial charge in [0.05, 0.1) is 10.5 Å². The van der Waals surface area contributed by atoms with Gasteiger partial charge < -0.3 is 10.1 Å². The third kappa shape index (κ3) is 3.38. The van der Waals surface area contributed by atoms with Crippen LogP contribution in [0.15, 0.2) is 23.1 Å². The molecule has 0 aliphatic carbocycles. The van der Waals surface area contributed by atoms with Gasteiger partial charge in [-0.15, -0.1) is 0 Å². The van der Waals surface area contributed by atoms with E-state index in [0.717, 1.165) is 30.6 Å². The Balaban J connectivity index is 2.26. The summed E-state index contributed by atoms with van der Waals surface area (Å²) in [5.41, 5.74) is 1.46. The van der Waals surface area contributed by atoms with Crippen molar-refractivity contribution in [2.24, 2.45) is 0 Å². The Hall–Kier alpha value is -0.950. The maximum Gasteiger partial charge on any atom is 0.240 e. The number of nitrogens with one attached hydrogen (secondary N) is 2. The molecule has 0 spiro atoms. The number of hydrogen-bond donors (Lipinski definition) is 2. The summed E-state index contributed by atoms with van der Waals surface area (Å²) in [5.74, 6) is 0.